The number of fused-ring (bicyclic) bond motifs is 9. The molecular weight excluding hydrogens is 352 g/mol. The molecule has 0 bridgehead atoms. The first-order valence-corrected chi connectivity index (χ1v) is 9.84. The molecule has 0 aliphatic heterocycles. The minimum Gasteiger partial charge on any atom is -0.354 e. The molecule has 0 saturated carbocycles. The van der Waals surface area contributed by atoms with Gasteiger partial charge in [0.1, 0.15) is 0 Å². The van der Waals surface area contributed by atoms with Gasteiger partial charge in [0.2, 0.25) is 0 Å². The average Bonchev–Trinajstić information content (AvgIpc) is 3.28. The first kappa shape index (κ1) is 16.2. The van der Waals surface area contributed by atoms with Crippen LogP contribution in [-0.2, 0) is 7.05 Å². The molecule has 4 aromatic carbocycles. The van der Waals surface area contributed by atoms with Crippen molar-refractivity contribution in [1.29, 1.82) is 0 Å². The van der Waals surface area contributed by atoms with E-state index in [4.69, 9.17) is 0 Å². The number of H-pyrrole nitrogens is 1. The Balaban J connectivity index is 1.89. The van der Waals surface area contributed by atoms with Gasteiger partial charge in [0.15, 0.2) is 0 Å². The number of aryl methyl sites for hydroxylation is 1. The van der Waals surface area contributed by atoms with Gasteiger partial charge in [0.05, 0.1) is 5.52 Å². The van der Waals surface area contributed by atoms with Gasteiger partial charge in [-0.3, -0.25) is 0 Å². The van der Waals surface area contributed by atoms with Crippen molar-refractivity contribution in [2.24, 2.45) is 7.05 Å². The summed E-state index contributed by atoms with van der Waals surface area (Å²) in [5.74, 6) is 0. The lowest BCUT2D eigenvalue weighted by Crippen LogP contribution is -1.88. The van der Waals surface area contributed by atoms with Gasteiger partial charge in [-0.2, -0.15) is 0 Å². The van der Waals surface area contributed by atoms with E-state index < -0.39 is 0 Å². The van der Waals surface area contributed by atoms with Crippen LogP contribution in [-0.4, -0.2) is 9.55 Å². The number of para-hydroxylation sites is 1. The highest BCUT2D eigenvalue weighted by Crippen LogP contribution is 2.40. The van der Waals surface area contributed by atoms with Crippen molar-refractivity contribution in [3.8, 4) is 0 Å². The molecule has 0 spiro atoms. The zero-order valence-electron chi connectivity index (χ0n) is 16.3. The zero-order chi connectivity index (χ0) is 19.7. The van der Waals surface area contributed by atoms with Crippen LogP contribution < -0.4 is 0 Å². The number of nitrogens with one attached hydrogen (secondary N) is 1. The second-order valence-electron chi connectivity index (χ2n) is 7.68. The number of benzene rings is 4. The number of rotatable bonds is 2. The third-order valence-electron chi connectivity index (χ3n) is 6.25. The van der Waals surface area contributed by atoms with E-state index in [-0.39, 0.29) is 0 Å². The van der Waals surface area contributed by atoms with E-state index in [1.54, 1.807) is 0 Å². The summed E-state index contributed by atoms with van der Waals surface area (Å²) in [6.45, 7) is 7.97. The van der Waals surface area contributed by atoms with Crippen molar-refractivity contribution < 1.29 is 0 Å². The highest BCUT2D eigenvalue weighted by Gasteiger charge is 2.17. The largest absolute Gasteiger partial charge is 0.354 e. The molecule has 29 heavy (non-hydrogen) atoms. The smallest absolute Gasteiger partial charge is 0.0590 e. The van der Waals surface area contributed by atoms with Gasteiger partial charge in [-0.05, 0) is 52.2 Å². The van der Waals surface area contributed by atoms with Crippen LogP contribution >= 0.6 is 0 Å². The molecule has 0 aliphatic carbocycles. The molecule has 2 heteroatoms. The molecule has 0 radical (unpaired) electrons. The number of hydrogen-bond donors (Lipinski definition) is 1. The molecule has 2 heterocycles. The Morgan fingerprint density at radius 1 is 0.759 bits per heavy atom. The van der Waals surface area contributed by atoms with Gasteiger partial charge in [0.25, 0.3) is 0 Å². The normalized spacial score (nSPS) is 11.9. The fourth-order valence-corrected chi connectivity index (χ4v) is 4.91. The third-order valence-corrected chi connectivity index (χ3v) is 6.25. The van der Waals surface area contributed by atoms with E-state index in [0.29, 0.717) is 0 Å². The third kappa shape index (κ3) is 2.01. The predicted molar refractivity (Wildman–Crippen MR) is 127 cm³/mol. The van der Waals surface area contributed by atoms with Crippen molar-refractivity contribution in [2.45, 2.75) is 0 Å². The highest BCUT2D eigenvalue weighted by molar-refractivity contribution is 6.29. The monoisotopic (exact) mass is 372 g/mol. The Morgan fingerprint density at radius 3 is 2.38 bits per heavy atom. The Hall–Kier alpha value is -3.78. The van der Waals surface area contributed by atoms with Gasteiger partial charge >= 0.3 is 0 Å². The Labute approximate surface area is 168 Å². The van der Waals surface area contributed by atoms with E-state index in [1.165, 1.54) is 54.4 Å². The van der Waals surface area contributed by atoms with Gasteiger partial charge in [-0.25, -0.2) is 0 Å². The van der Waals surface area contributed by atoms with Crippen LogP contribution in [0.3, 0.4) is 0 Å². The van der Waals surface area contributed by atoms with Gasteiger partial charge in [-0.15, -0.1) is 0 Å². The zero-order valence-corrected chi connectivity index (χ0v) is 16.3. The molecule has 138 valence electrons. The molecule has 2 nitrogen and oxygen atoms in total. The summed E-state index contributed by atoms with van der Waals surface area (Å²) >= 11 is 0. The first-order valence-electron chi connectivity index (χ1n) is 9.84. The van der Waals surface area contributed by atoms with Gasteiger partial charge < -0.3 is 9.55 Å². The maximum Gasteiger partial charge on any atom is 0.0590 e. The molecule has 0 aliphatic rings. The van der Waals surface area contributed by atoms with E-state index in [9.17, 15) is 0 Å². The summed E-state index contributed by atoms with van der Waals surface area (Å²) in [7, 11) is 2.17. The molecule has 0 saturated heterocycles. The minimum absolute atomic E-state index is 1.12. The standard InChI is InChI=1S/C27H20N2/c1-4-16-14-18-10-13-24-25(21(18)15-17(16)5-2)20-11-12-23-26(27(20)29(24)3)19-8-6-7-9-22(19)28-23/h4-15,28H,1-2H2,3H3. The lowest BCUT2D eigenvalue weighted by atomic mass is 9.97. The lowest BCUT2D eigenvalue weighted by molar-refractivity contribution is 1.02. The SMILES string of the molecule is C=Cc1cc2ccc3c(c2cc1C=C)c1ccc2[nH]c4ccccc4c2c1n3C. The molecule has 6 aromatic rings. The van der Waals surface area contributed by atoms with Gasteiger partial charge in [-0.1, -0.05) is 55.6 Å². The fourth-order valence-electron chi connectivity index (χ4n) is 4.91. The molecule has 6 rings (SSSR count). The number of hydrogen-bond acceptors (Lipinski definition) is 0. The molecule has 0 atom stereocenters. The van der Waals surface area contributed by atoms with E-state index >= 15 is 0 Å². The summed E-state index contributed by atoms with van der Waals surface area (Å²) in [5.41, 5.74) is 7.10. The number of nitrogens with zero attached hydrogens (tertiary/aromatic N) is 1. The maximum atomic E-state index is 4.00. The summed E-state index contributed by atoms with van der Waals surface area (Å²) < 4.78 is 2.34. The molecule has 0 amide bonds. The minimum atomic E-state index is 1.12. The van der Waals surface area contributed by atoms with Crippen LogP contribution in [0.25, 0.3) is 66.5 Å². The van der Waals surface area contributed by atoms with E-state index in [0.717, 1.165) is 11.1 Å². The van der Waals surface area contributed by atoms with Crippen LogP contribution in [0.5, 0.6) is 0 Å². The lowest BCUT2D eigenvalue weighted by Gasteiger charge is -2.07. The van der Waals surface area contributed by atoms with Crippen molar-refractivity contribution >= 4 is 66.5 Å². The highest BCUT2D eigenvalue weighted by atomic mass is 14.9. The number of aromatic nitrogens is 2. The molecule has 0 fully saturated rings. The second kappa shape index (κ2) is 5.62. The Bertz CT molecular complexity index is 1640. The predicted octanol–water partition coefficient (Wildman–Crippen LogP) is 7.41. The molecule has 0 unspecified atom stereocenters. The fraction of sp³-hybridized carbons (Fsp3) is 0.0370. The summed E-state index contributed by atoms with van der Waals surface area (Å²) in [4.78, 5) is 3.57. The van der Waals surface area contributed by atoms with Crippen LogP contribution in [0.4, 0.5) is 0 Å². The summed E-state index contributed by atoms with van der Waals surface area (Å²) in [6, 6.07) is 21.9. The van der Waals surface area contributed by atoms with Crippen LogP contribution in [0.2, 0.25) is 0 Å². The van der Waals surface area contributed by atoms with Crippen molar-refractivity contribution in [3.63, 3.8) is 0 Å². The van der Waals surface area contributed by atoms with Crippen molar-refractivity contribution in [1.82, 2.24) is 9.55 Å². The van der Waals surface area contributed by atoms with E-state index in [1.807, 2.05) is 12.2 Å². The van der Waals surface area contributed by atoms with E-state index in [2.05, 4.69) is 90.4 Å². The topological polar surface area (TPSA) is 20.7 Å². The van der Waals surface area contributed by atoms with Crippen molar-refractivity contribution in [2.75, 3.05) is 0 Å². The summed E-state index contributed by atoms with van der Waals surface area (Å²) in [6.07, 6.45) is 3.82. The molecular formula is C27H20N2. The maximum absolute atomic E-state index is 4.00. The second-order valence-corrected chi connectivity index (χ2v) is 7.68. The van der Waals surface area contributed by atoms with Crippen LogP contribution in [0.1, 0.15) is 11.1 Å². The average molecular weight is 372 g/mol. The van der Waals surface area contributed by atoms with Crippen LogP contribution in [0.15, 0.2) is 73.8 Å². The van der Waals surface area contributed by atoms with Gasteiger partial charge in [0, 0.05) is 45.1 Å². The van der Waals surface area contributed by atoms with Crippen LogP contribution in [0, 0.1) is 0 Å². The number of aromatic amines is 1. The summed E-state index contributed by atoms with van der Waals surface area (Å²) in [5, 5.41) is 7.62. The molecule has 1 N–H and O–H groups in total. The Morgan fingerprint density at radius 2 is 1.55 bits per heavy atom. The van der Waals surface area contributed by atoms with Crippen molar-refractivity contribution in [3.05, 3.63) is 84.9 Å². The molecule has 2 aromatic heterocycles. The quantitative estimate of drug-likeness (QED) is 0.327. The first-order chi connectivity index (χ1) is 14.2. The Kier molecular flexibility index (Phi) is 3.14.